The molecule has 1 fully saturated rings. The zero-order valence-corrected chi connectivity index (χ0v) is 27.0. The lowest BCUT2D eigenvalue weighted by molar-refractivity contribution is 0.0780. The Morgan fingerprint density at radius 2 is 1.77 bits per heavy atom. The number of pyridine rings is 3. The van der Waals surface area contributed by atoms with E-state index in [0.29, 0.717) is 41.1 Å². The maximum absolute atomic E-state index is 14.9. The number of aliphatic hydroxyl groups is 2. The summed E-state index contributed by atoms with van der Waals surface area (Å²) in [6, 6.07) is 13.3. The molecular weight excluding hydrogens is 623 g/mol. The number of aliphatic hydroxyl groups excluding tert-OH is 1. The molecular formula is C34H35FN6O5S. The second-order valence-electron chi connectivity index (χ2n) is 12.3. The van der Waals surface area contributed by atoms with Gasteiger partial charge in [0.2, 0.25) is 10.0 Å². The highest BCUT2D eigenvalue weighted by atomic mass is 32.2. The lowest BCUT2D eigenvalue weighted by Crippen LogP contribution is -2.37. The van der Waals surface area contributed by atoms with E-state index in [2.05, 4.69) is 20.3 Å². The first-order valence-corrected chi connectivity index (χ1v) is 17.0. The highest BCUT2D eigenvalue weighted by Crippen LogP contribution is 2.36. The van der Waals surface area contributed by atoms with Crippen molar-refractivity contribution < 1.29 is 27.8 Å². The lowest BCUT2D eigenvalue weighted by Gasteiger charge is -2.30. The maximum Gasteiger partial charge on any atom is 0.259 e. The molecule has 4 aromatic heterocycles. The Bertz CT molecular complexity index is 2070. The van der Waals surface area contributed by atoms with E-state index in [1.54, 1.807) is 18.3 Å². The maximum atomic E-state index is 14.9. The van der Waals surface area contributed by atoms with Crippen LogP contribution in [0.1, 0.15) is 59.7 Å². The quantitative estimate of drug-likeness (QED) is 0.182. The fourth-order valence-corrected chi connectivity index (χ4v) is 6.87. The van der Waals surface area contributed by atoms with Crippen LogP contribution in [0.5, 0.6) is 0 Å². The van der Waals surface area contributed by atoms with Crippen LogP contribution in [0.4, 0.5) is 10.2 Å². The topological polar surface area (TPSA) is 161 Å². The number of rotatable bonds is 8. The summed E-state index contributed by atoms with van der Waals surface area (Å²) in [6.45, 7) is 3.58. The molecule has 1 aliphatic rings. The Kier molecular flexibility index (Phi) is 8.66. The average Bonchev–Trinajstić information content (AvgIpc) is 3.49. The second-order valence-corrected chi connectivity index (χ2v) is 14.3. The molecule has 1 amide bonds. The van der Waals surface area contributed by atoms with E-state index in [0.717, 1.165) is 41.1 Å². The average molecular weight is 659 g/mol. The zero-order valence-electron chi connectivity index (χ0n) is 26.2. The van der Waals surface area contributed by atoms with Crippen molar-refractivity contribution in [3.8, 4) is 22.5 Å². The molecule has 47 heavy (non-hydrogen) atoms. The van der Waals surface area contributed by atoms with Gasteiger partial charge in [-0.3, -0.25) is 9.78 Å². The van der Waals surface area contributed by atoms with Gasteiger partial charge in [0.25, 0.3) is 5.91 Å². The first kappa shape index (κ1) is 32.4. The van der Waals surface area contributed by atoms with Crippen LogP contribution in [0.25, 0.3) is 33.5 Å². The van der Waals surface area contributed by atoms with Gasteiger partial charge in [-0.25, -0.2) is 27.1 Å². The minimum Gasteiger partial charge on any atom is -0.392 e. The van der Waals surface area contributed by atoms with Crippen LogP contribution in [-0.4, -0.2) is 68.1 Å². The van der Waals surface area contributed by atoms with E-state index in [9.17, 15) is 27.8 Å². The Balaban J connectivity index is 1.26. The Morgan fingerprint density at radius 3 is 2.40 bits per heavy atom. The van der Waals surface area contributed by atoms with Gasteiger partial charge in [-0.05, 0) is 91.3 Å². The summed E-state index contributed by atoms with van der Waals surface area (Å²) in [4.78, 5) is 29.8. The first-order chi connectivity index (χ1) is 22.3. The van der Waals surface area contributed by atoms with Gasteiger partial charge >= 0.3 is 0 Å². The summed E-state index contributed by atoms with van der Waals surface area (Å²) in [5, 5.41) is 24.0. The molecule has 0 bridgehead atoms. The van der Waals surface area contributed by atoms with E-state index < -0.39 is 34.0 Å². The number of aromatic amines is 1. The van der Waals surface area contributed by atoms with Crippen molar-refractivity contribution in [1.82, 2.24) is 24.2 Å². The minimum atomic E-state index is -3.19. The number of sulfonamides is 1. The third-order valence-electron chi connectivity index (χ3n) is 8.64. The number of anilines is 1. The van der Waals surface area contributed by atoms with E-state index in [1.807, 2.05) is 24.4 Å². The molecule has 0 atom stereocenters. The molecule has 1 saturated heterocycles. The largest absolute Gasteiger partial charge is 0.392 e. The highest BCUT2D eigenvalue weighted by molar-refractivity contribution is 7.88. The monoisotopic (exact) mass is 658 g/mol. The van der Waals surface area contributed by atoms with Crippen LogP contribution < -0.4 is 5.32 Å². The summed E-state index contributed by atoms with van der Waals surface area (Å²) in [7, 11) is -3.19. The summed E-state index contributed by atoms with van der Waals surface area (Å²) < 4.78 is 40.1. The van der Waals surface area contributed by atoms with Gasteiger partial charge in [-0.2, -0.15) is 0 Å². The minimum absolute atomic E-state index is 0.0845. The lowest BCUT2D eigenvalue weighted by atomic mass is 9.91. The Morgan fingerprint density at radius 1 is 1.04 bits per heavy atom. The van der Waals surface area contributed by atoms with Gasteiger partial charge in [0, 0.05) is 42.6 Å². The smallest absolute Gasteiger partial charge is 0.259 e. The summed E-state index contributed by atoms with van der Waals surface area (Å²) in [6.07, 6.45) is 7.68. The van der Waals surface area contributed by atoms with Crippen molar-refractivity contribution in [2.45, 2.75) is 44.8 Å². The van der Waals surface area contributed by atoms with E-state index in [-0.39, 0.29) is 17.3 Å². The van der Waals surface area contributed by atoms with Crippen molar-refractivity contribution in [2.24, 2.45) is 0 Å². The predicted octanol–water partition coefficient (Wildman–Crippen LogP) is 4.94. The molecule has 6 rings (SSSR count). The second kappa shape index (κ2) is 12.6. The first-order valence-electron chi connectivity index (χ1n) is 15.2. The number of piperidine rings is 1. The van der Waals surface area contributed by atoms with E-state index in [4.69, 9.17) is 4.98 Å². The van der Waals surface area contributed by atoms with Gasteiger partial charge in [0.05, 0.1) is 35.4 Å². The number of amides is 1. The summed E-state index contributed by atoms with van der Waals surface area (Å²) >= 11 is 0. The number of hydrogen-bond acceptors (Lipinski definition) is 8. The molecule has 13 heteroatoms. The fraction of sp³-hybridized carbons (Fsp3) is 0.294. The number of aromatic nitrogens is 4. The van der Waals surface area contributed by atoms with Crippen LogP contribution in [0.3, 0.4) is 0 Å². The molecule has 1 aromatic carbocycles. The zero-order chi connectivity index (χ0) is 33.5. The molecule has 0 radical (unpaired) electrons. The molecule has 5 aromatic rings. The fourth-order valence-electron chi connectivity index (χ4n) is 5.99. The van der Waals surface area contributed by atoms with Gasteiger partial charge in [-0.15, -0.1) is 0 Å². The number of halogens is 1. The van der Waals surface area contributed by atoms with Crippen LogP contribution in [0.15, 0.2) is 67.1 Å². The number of carbonyl (C=O) groups is 1. The van der Waals surface area contributed by atoms with Gasteiger partial charge in [0.1, 0.15) is 17.3 Å². The van der Waals surface area contributed by atoms with Crippen LogP contribution >= 0.6 is 0 Å². The van der Waals surface area contributed by atoms with E-state index >= 15 is 0 Å². The number of hydrogen-bond donors (Lipinski definition) is 4. The van der Waals surface area contributed by atoms with Gasteiger partial charge in [0.15, 0.2) is 0 Å². The number of nitrogens with zero attached hydrogens (tertiary/aromatic N) is 4. The number of benzene rings is 1. The van der Waals surface area contributed by atoms with Crippen molar-refractivity contribution in [3.63, 3.8) is 0 Å². The standard InChI is InChI=1S/C34H35FN6O5S/c1-34(2,44)22-5-6-25(28(35)16-22)33(43)40-32-27(19-42)24(9-13-37-32)23-8-12-36-31-26(23)17-30(39-31)29-7-4-21(18-38-29)20-10-14-41(15-11-20)47(3,45)46/h4-9,12-13,16-18,20,42,44H,10-11,14-15,19H2,1-3H3,(H,36,39)(H,37,40,43). The normalized spacial score (nSPS) is 14.9. The molecule has 0 saturated carbocycles. The third kappa shape index (κ3) is 6.65. The van der Waals surface area contributed by atoms with E-state index in [1.165, 1.54) is 42.7 Å². The van der Waals surface area contributed by atoms with Crippen LogP contribution in [0, 0.1) is 5.82 Å². The summed E-state index contributed by atoms with van der Waals surface area (Å²) in [5.74, 6) is -1.23. The molecule has 1 aliphatic heterocycles. The molecule has 0 aliphatic carbocycles. The van der Waals surface area contributed by atoms with Gasteiger partial charge in [-0.1, -0.05) is 12.1 Å². The van der Waals surface area contributed by atoms with Crippen molar-refractivity contribution in [2.75, 3.05) is 24.7 Å². The van der Waals surface area contributed by atoms with Crippen molar-refractivity contribution in [3.05, 3.63) is 95.2 Å². The summed E-state index contributed by atoms with van der Waals surface area (Å²) in [5.41, 5.74) is 3.60. The molecule has 4 N–H and O–H groups in total. The predicted molar refractivity (Wildman–Crippen MR) is 176 cm³/mol. The Labute approximate surface area is 271 Å². The number of carbonyl (C=O) groups excluding carboxylic acids is 1. The Hall–Kier alpha value is -4.56. The highest BCUT2D eigenvalue weighted by Gasteiger charge is 2.26. The van der Waals surface area contributed by atoms with Crippen LogP contribution in [-0.2, 0) is 22.2 Å². The third-order valence-corrected chi connectivity index (χ3v) is 9.95. The molecule has 0 spiro atoms. The number of nitrogens with one attached hydrogen (secondary N) is 2. The molecule has 244 valence electrons. The van der Waals surface area contributed by atoms with Gasteiger partial charge < -0.3 is 20.5 Å². The number of H-pyrrole nitrogens is 1. The van der Waals surface area contributed by atoms with Crippen LogP contribution in [0.2, 0.25) is 0 Å². The molecule has 0 unspecified atom stereocenters. The number of fused-ring (bicyclic) bond motifs is 1. The van der Waals surface area contributed by atoms with Crippen molar-refractivity contribution in [1.29, 1.82) is 0 Å². The molecule has 5 heterocycles. The van der Waals surface area contributed by atoms with Crippen molar-refractivity contribution >= 4 is 32.8 Å². The molecule has 11 nitrogen and oxygen atoms in total. The SMILES string of the molecule is CC(C)(O)c1ccc(C(=O)Nc2nccc(-c3ccnc4[nH]c(-c5ccc(C6CCN(S(C)(=O)=O)CC6)cn5)cc34)c2CO)c(F)c1.